The van der Waals surface area contributed by atoms with Crippen molar-refractivity contribution in [2.75, 3.05) is 11.1 Å². The van der Waals surface area contributed by atoms with Crippen LogP contribution in [0.5, 0.6) is 0 Å². The van der Waals surface area contributed by atoms with E-state index in [9.17, 15) is 18.0 Å². The average Bonchev–Trinajstić information content (AvgIpc) is 2.34. The summed E-state index contributed by atoms with van der Waals surface area (Å²) in [7, 11) is 0. The lowest BCUT2D eigenvalue weighted by molar-refractivity contribution is 0.101. The number of halogens is 3. The van der Waals surface area contributed by atoms with Gasteiger partial charge in [0.25, 0.3) is 5.91 Å². The molecule has 0 aliphatic heterocycles. The van der Waals surface area contributed by atoms with Gasteiger partial charge in [-0.25, -0.2) is 13.2 Å². The van der Waals surface area contributed by atoms with Crippen molar-refractivity contribution in [1.29, 1.82) is 0 Å². The van der Waals surface area contributed by atoms with Gasteiger partial charge in [-0.15, -0.1) is 0 Å². The molecule has 0 radical (unpaired) electrons. The van der Waals surface area contributed by atoms with Crippen molar-refractivity contribution in [2.24, 2.45) is 0 Å². The van der Waals surface area contributed by atoms with Gasteiger partial charge < -0.3 is 11.1 Å². The molecule has 0 heterocycles. The first-order valence-electron chi connectivity index (χ1n) is 6.12. The molecule has 3 N–H and O–H groups in total. The zero-order chi connectivity index (χ0) is 15.7. The van der Waals surface area contributed by atoms with E-state index in [1.165, 1.54) is 0 Å². The molecule has 2 aromatic rings. The molecule has 0 unspecified atom stereocenters. The van der Waals surface area contributed by atoms with Gasteiger partial charge in [-0.1, -0.05) is 0 Å². The van der Waals surface area contributed by atoms with E-state index >= 15 is 0 Å². The maximum absolute atomic E-state index is 13.5. The molecule has 0 atom stereocenters. The minimum absolute atomic E-state index is 0.384. The Bertz CT molecular complexity index is 706. The number of amides is 1. The summed E-state index contributed by atoms with van der Waals surface area (Å²) in [6, 6.07) is 4.16. The largest absolute Gasteiger partial charge is 0.399 e. The Balaban J connectivity index is 2.37. The third-order valence-corrected chi connectivity index (χ3v) is 3.10. The monoisotopic (exact) mass is 294 g/mol. The van der Waals surface area contributed by atoms with Gasteiger partial charge in [-0.2, -0.15) is 0 Å². The molecule has 0 saturated carbocycles. The smallest absolute Gasteiger partial charge is 0.261 e. The molecular formula is C15H13F3N2O. The molecule has 110 valence electrons. The molecule has 0 saturated heterocycles. The number of rotatable bonds is 2. The third-order valence-electron chi connectivity index (χ3n) is 3.10. The highest BCUT2D eigenvalue weighted by molar-refractivity contribution is 6.05. The Labute approximate surface area is 119 Å². The molecule has 0 aromatic heterocycles. The molecule has 0 aliphatic carbocycles. The number of nitrogens with two attached hydrogens (primary N) is 1. The Kier molecular flexibility index (Phi) is 3.88. The third kappa shape index (κ3) is 2.99. The van der Waals surface area contributed by atoms with Gasteiger partial charge in [0.05, 0.1) is 0 Å². The van der Waals surface area contributed by atoms with Crippen LogP contribution in [0.2, 0.25) is 0 Å². The lowest BCUT2D eigenvalue weighted by Gasteiger charge is -2.12. The topological polar surface area (TPSA) is 55.1 Å². The summed E-state index contributed by atoms with van der Waals surface area (Å²) in [5, 5.41) is 2.40. The molecule has 0 fully saturated rings. The van der Waals surface area contributed by atoms with Crippen molar-refractivity contribution < 1.29 is 18.0 Å². The number of nitrogens with one attached hydrogen (secondary N) is 1. The summed E-state index contributed by atoms with van der Waals surface area (Å²) < 4.78 is 39.9. The van der Waals surface area contributed by atoms with Crippen molar-refractivity contribution in [3.63, 3.8) is 0 Å². The second-order valence-corrected chi connectivity index (χ2v) is 4.72. The summed E-state index contributed by atoms with van der Waals surface area (Å²) in [6.07, 6.45) is 0. The SMILES string of the molecule is Cc1cc(NC(=O)c2c(F)cc(F)cc2F)c(C)cc1N. The number of aryl methyl sites for hydroxylation is 2. The van der Waals surface area contributed by atoms with Gasteiger partial charge in [0, 0.05) is 23.5 Å². The van der Waals surface area contributed by atoms with Crippen LogP contribution in [0.4, 0.5) is 24.5 Å². The fraction of sp³-hybridized carbons (Fsp3) is 0.133. The first-order valence-corrected chi connectivity index (χ1v) is 6.12. The van der Waals surface area contributed by atoms with E-state index in [0.717, 1.165) is 5.56 Å². The standard InChI is InChI=1S/C15H13F3N2O/c1-7-4-13(8(2)3-12(7)19)20-15(21)14-10(17)5-9(16)6-11(14)18/h3-6H,19H2,1-2H3,(H,20,21). The summed E-state index contributed by atoms with van der Waals surface area (Å²) in [6.45, 7) is 3.44. The normalized spacial score (nSPS) is 10.5. The number of hydrogen-bond acceptors (Lipinski definition) is 2. The van der Waals surface area contributed by atoms with Gasteiger partial charge in [-0.05, 0) is 37.1 Å². The Morgan fingerprint density at radius 2 is 1.57 bits per heavy atom. The van der Waals surface area contributed by atoms with E-state index in [0.29, 0.717) is 29.1 Å². The molecule has 0 bridgehead atoms. The second kappa shape index (κ2) is 5.47. The molecular weight excluding hydrogens is 281 g/mol. The first-order chi connectivity index (χ1) is 9.79. The summed E-state index contributed by atoms with van der Waals surface area (Å²) in [5.41, 5.74) is 7.19. The molecule has 1 amide bonds. The second-order valence-electron chi connectivity index (χ2n) is 4.72. The van der Waals surface area contributed by atoms with Crippen LogP contribution < -0.4 is 11.1 Å². The van der Waals surface area contributed by atoms with Crippen LogP contribution in [0.15, 0.2) is 24.3 Å². The highest BCUT2D eigenvalue weighted by Crippen LogP contribution is 2.23. The fourth-order valence-corrected chi connectivity index (χ4v) is 1.92. The first kappa shape index (κ1) is 14.9. The van der Waals surface area contributed by atoms with Crippen molar-refractivity contribution in [1.82, 2.24) is 0 Å². The highest BCUT2D eigenvalue weighted by Gasteiger charge is 2.19. The van der Waals surface area contributed by atoms with E-state index in [4.69, 9.17) is 5.73 Å². The number of benzene rings is 2. The molecule has 3 nitrogen and oxygen atoms in total. The van der Waals surface area contributed by atoms with E-state index in [2.05, 4.69) is 5.32 Å². The van der Waals surface area contributed by atoms with Gasteiger partial charge in [0.1, 0.15) is 23.0 Å². The van der Waals surface area contributed by atoms with Crippen LogP contribution in [0.25, 0.3) is 0 Å². The lowest BCUT2D eigenvalue weighted by Crippen LogP contribution is -2.17. The van der Waals surface area contributed by atoms with Crippen LogP contribution in [-0.4, -0.2) is 5.91 Å². The highest BCUT2D eigenvalue weighted by atomic mass is 19.1. The lowest BCUT2D eigenvalue weighted by atomic mass is 10.1. The zero-order valence-corrected chi connectivity index (χ0v) is 11.4. The molecule has 21 heavy (non-hydrogen) atoms. The van der Waals surface area contributed by atoms with Crippen LogP contribution in [0, 0.1) is 31.3 Å². The van der Waals surface area contributed by atoms with Crippen molar-refractivity contribution >= 4 is 17.3 Å². The van der Waals surface area contributed by atoms with Crippen LogP contribution in [-0.2, 0) is 0 Å². The molecule has 2 aromatic carbocycles. The van der Waals surface area contributed by atoms with Gasteiger partial charge in [0.15, 0.2) is 0 Å². The number of anilines is 2. The number of carbonyl (C=O) groups excluding carboxylic acids is 1. The maximum atomic E-state index is 13.5. The van der Waals surface area contributed by atoms with Crippen LogP contribution in [0.3, 0.4) is 0 Å². The minimum atomic E-state index is -1.25. The molecule has 0 spiro atoms. The predicted molar refractivity (Wildman–Crippen MR) is 74.6 cm³/mol. The molecule has 0 aliphatic rings. The zero-order valence-electron chi connectivity index (χ0n) is 11.4. The summed E-state index contributed by atoms with van der Waals surface area (Å²) in [4.78, 5) is 12.0. The fourth-order valence-electron chi connectivity index (χ4n) is 1.92. The van der Waals surface area contributed by atoms with E-state index in [1.807, 2.05) is 0 Å². The van der Waals surface area contributed by atoms with Crippen molar-refractivity contribution in [2.45, 2.75) is 13.8 Å². The van der Waals surface area contributed by atoms with Crippen LogP contribution >= 0.6 is 0 Å². The van der Waals surface area contributed by atoms with Crippen molar-refractivity contribution in [3.05, 3.63) is 58.4 Å². The minimum Gasteiger partial charge on any atom is -0.399 e. The number of hydrogen-bond donors (Lipinski definition) is 2. The number of carbonyl (C=O) groups is 1. The number of nitrogen functional groups attached to an aromatic ring is 1. The van der Waals surface area contributed by atoms with Crippen LogP contribution in [0.1, 0.15) is 21.5 Å². The quantitative estimate of drug-likeness (QED) is 0.832. The molecule has 2 rings (SSSR count). The van der Waals surface area contributed by atoms with E-state index in [-0.39, 0.29) is 0 Å². The Morgan fingerprint density at radius 3 is 2.14 bits per heavy atom. The van der Waals surface area contributed by atoms with Gasteiger partial charge >= 0.3 is 0 Å². The summed E-state index contributed by atoms with van der Waals surface area (Å²) >= 11 is 0. The van der Waals surface area contributed by atoms with E-state index in [1.54, 1.807) is 26.0 Å². The Morgan fingerprint density at radius 1 is 1.00 bits per heavy atom. The average molecular weight is 294 g/mol. The summed E-state index contributed by atoms with van der Waals surface area (Å²) in [5.74, 6) is -4.58. The maximum Gasteiger partial charge on any atom is 0.261 e. The van der Waals surface area contributed by atoms with E-state index < -0.39 is 28.9 Å². The predicted octanol–water partition coefficient (Wildman–Crippen LogP) is 3.56. The van der Waals surface area contributed by atoms with Crippen molar-refractivity contribution in [3.8, 4) is 0 Å². The van der Waals surface area contributed by atoms with Gasteiger partial charge in [-0.3, -0.25) is 4.79 Å². The molecule has 6 heteroatoms. The van der Waals surface area contributed by atoms with Gasteiger partial charge in [0.2, 0.25) is 0 Å². The Hall–Kier alpha value is -2.50.